The standard InChI is InChI=1S/C11H20N4O/c1-9(2)7-13-11(12)14-8-10(16)15-5-3-4-6-15/h1,3-8H2,2H3,(H3,12,13,14). The molecule has 0 saturated carbocycles. The number of aliphatic imine (C=N–C) groups is 1. The van der Waals surface area contributed by atoms with Crippen LogP contribution in [-0.4, -0.2) is 42.9 Å². The summed E-state index contributed by atoms with van der Waals surface area (Å²) in [4.78, 5) is 17.4. The van der Waals surface area contributed by atoms with E-state index in [2.05, 4.69) is 16.9 Å². The summed E-state index contributed by atoms with van der Waals surface area (Å²) in [5.41, 5.74) is 6.57. The Morgan fingerprint density at radius 1 is 1.50 bits per heavy atom. The number of guanidine groups is 1. The number of amides is 1. The van der Waals surface area contributed by atoms with Gasteiger partial charge in [0.05, 0.1) is 0 Å². The highest BCUT2D eigenvalue weighted by Gasteiger charge is 2.16. The molecule has 0 aromatic rings. The van der Waals surface area contributed by atoms with Crippen molar-refractivity contribution in [1.82, 2.24) is 10.2 Å². The summed E-state index contributed by atoms with van der Waals surface area (Å²) in [6.07, 6.45) is 2.19. The molecule has 1 aliphatic rings. The van der Waals surface area contributed by atoms with Crippen molar-refractivity contribution in [3.05, 3.63) is 12.2 Å². The van der Waals surface area contributed by atoms with Gasteiger partial charge in [-0.25, -0.2) is 4.99 Å². The number of nitrogens with two attached hydrogens (primary N) is 1. The monoisotopic (exact) mass is 224 g/mol. The molecular formula is C11H20N4O. The Bertz CT molecular complexity index is 292. The SMILES string of the molecule is C=C(C)CNC(N)=NCC(=O)N1CCCC1. The van der Waals surface area contributed by atoms with Gasteiger partial charge in [0, 0.05) is 19.6 Å². The summed E-state index contributed by atoms with van der Waals surface area (Å²) in [5.74, 6) is 0.355. The van der Waals surface area contributed by atoms with Gasteiger partial charge in [-0.3, -0.25) is 4.79 Å². The molecule has 0 bridgehead atoms. The van der Waals surface area contributed by atoms with E-state index in [1.165, 1.54) is 0 Å². The first-order valence-corrected chi connectivity index (χ1v) is 5.55. The molecule has 0 aliphatic carbocycles. The van der Waals surface area contributed by atoms with Crippen molar-refractivity contribution in [3.8, 4) is 0 Å². The molecule has 5 nitrogen and oxygen atoms in total. The van der Waals surface area contributed by atoms with Crippen LogP contribution in [0.3, 0.4) is 0 Å². The van der Waals surface area contributed by atoms with Gasteiger partial charge in [0.1, 0.15) is 6.54 Å². The third-order valence-electron chi connectivity index (χ3n) is 2.41. The molecule has 0 radical (unpaired) electrons. The number of hydrogen-bond donors (Lipinski definition) is 2. The molecular weight excluding hydrogens is 204 g/mol. The Kier molecular flexibility index (Phi) is 4.82. The quantitative estimate of drug-likeness (QED) is 0.404. The van der Waals surface area contributed by atoms with Crippen molar-refractivity contribution in [2.45, 2.75) is 19.8 Å². The van der Waals surface area contributed by atoms with Crippen LogP contribution < -0.4 is 11.1 Å². The number of hydrogen-bond acceptors (Lipinski definition) is 2. The number of nitrogens with zero attached hydrogens (tertiary/aromatic N) is 2. The normalized spacial score (nSPS) is 16.3. The largest absolute Gasteiger partial charge is 0.370 e. The van der Waals surface area contributed by atoms with Gasteiger partial charge in [-0.2, -0.15) is 0 Å². The molecule has 1 heterocycles. The van der Waals surface area contributed by atoms with Gasteiger partial charge in [-0.05, 0) is 19.8 Å². The first kappa shape index (κ1) is 12.5. The minimum absolute atomic E-state index is 0.0533. The smallest absolute Gasteiger partial charge is 0.244 e. The highest BCUT2D eigenvalue weighted by atomic mass is 16.2. The van der Waals surface area contributed by atoms with Crippen LogP contribution in [0.15, 0.2) is 17.1 Å². The number of likely N-dealkylation sites (tertiary alicyclic amines) is 1. The maximum Gasteiger partial charge on any atom is 0.244 e. The molecule has 0 unspecified atom stereocenters. The van der Waals surface area contributed by atoms with Crippen molar-refractivity contribution in [1.29, 1.82) is 0 Å². The molecule has 1 aliphatic heterocycles. The molecule has 1 rings (SSSR count). The fraction of sp³-hybridized carbons (Fsp3) is 0.636. The van der Waals surface area contributed by atoms with Gasteiger partial charge < -0.3 is 16.0 Å². The molecule has 1 fully saturated rings. The molecule has 5 heteroatoms. The van der Waals surface area contributed by atoms with E-state index in [0.717, 1.165) is 31.5 Å². The Labute approximate surface area is 96.4 Å². The molecule has 16 heavy (non-hydrogen) atoms. The Morgan fingerprint density at radius 3 is 2.69 bits per heavy atom. The van der Waals surface area contributed by atoms with Crippen LogP contribution in [0.5, 0.6) is 0 Å². The maximum atomic E-state index is 11.6. The van der Waals surface area contributed by atoms with E-state index in [1.54, 1.807) is 0 Å². The average Bonchev–Trinajstić information content (AvgIpc) is 2.76. The average molecular weight is 224 g/mol. The maximum absolute atomic E-state index is 11.6. The van der Waals surface area contributed by atoms with Crippen molar-refractivity contribution >= 4 is 11.9 Å². The molecule has 3 N–H and O–H groups in total. The van der Waals surface area contributed by atoms with Crippen molar-refractivity contribution < 1.29 is 4.79 Å². The number of rotatable bonds is 4. The van der Waals surface area contributed by atoms with Gasteiger partial charge in [0.15, 0.2) is 5.96 Å². The number of carbonyl (C=O) groups is 1. The van der Waals surface area contributed by atoms with Crippen LogP contribution in [0.25, 0.3) is 0 Å². The highest BCUT2D eigenvalue weighted by Crippen LogP contribution is 2.06. The second-order valence-electron chi connectivity index (χ2n) is 4.10. The zero-order valence-corrected chi connectivity index (χ0v) is 9.83. The molecule has 0 aromatic heterocycles. The van der Waals surface area contributed by atoms with E-state index in [0.29, 0.717) is 12.5 Å². The first-order chi connectivity index (χ1) is 7.59. The predicted molar refractivity (Wildman–Crippen MR) is 65.1 cm³/mol. The summed E-state index contributed by atoms with van der Waals surface area (Å²) in [6.45, 7) is 8.07. The fourth-order valence-corrected chi connectivity index (χ4v) is 1.52. The van der Waals surface area contributed by atoms with Crippen molar-refractivity contribution in [2.75, 3.05) is 26.2 Å². The van der Waals surface area contributed by atoms with Crippen LogP contribution in [0.4, 0.5) is 0 Å². The summed E-state index contributed by atoms with van der Waals surface area (Å²) in [6, 6.07) is 0. The molecule has 90 valence electrons. The van der Waals surface area contributed by atoms with E-state index in [-0.39, 0.29) is 12.5 Å². The second kappa shape index (κ2) is 6.15. The van der Waals surface area contributed by atoms with Crippen molar-refractivity contribution in [3.63, 3.8) is 0 Å². The zero-order valence-electron chi connectivity index (χ0n) is 9.83. The van der Waals surface area contributed by atoms with Crippen LogP contribution in [0.2, 0.25) is 0 Å². The Balaban J connectivity index is 2.28. The minimum Gasteiger partial charge on any atom is -0.370 e. The Hall–Kier alpha value is -1.52. The highest BCUT2D eigenvalue weighted by molar-refractivity contribution is 5.84. The van der Waals surface area contributed by atoms with Gasteiger partial charge in [-0.1, -0.05) is 12.2 Å². The minimum atomic E-state index is 0.0533. The lowest BCUT2D eigenvalue weighted by molar-refractivity contribution is -0.128. The van der Waals surface area contributed by atoms with Crippen molar-refractivity contribution in [2.24, 2.45) is 10.7 Å². The zero-order chi connectivity index (χ0) is 12.0. The summed E-state index contributed by atoms with van der Waals surface area (Å²) < 4.78 is 0. The van der Waals surface area contributed by atoms with E-state index in [9.17, 15) is 4.79 Å². The number of carbonyl (C=O) groups excluding carboxylic acids is 1. The summed E-state index contributed by atoms with van der Waals surface area (Å²) in [7, 11) is 0. The molecule has 0 atom stereocenters. The van der Waals surface area contributed by atoms with Gasteiger partial charge in [0.25, 0.3) is 0 Å². The summed E-state index contributed by atoms with van der Waals surface area (Å²) in [5, 5.41) is 2.89. The van der Waals surface area contributed by atoms with E-state index in [4.69, 9.17) is 5.73 Å². The molecule has 1 amide bonds. The second-order valence-corrected chi connectivity index (χ2v) is 4.10. The third kappa shape index (κ3) is 4.33. The molecule has 0 spiro atoms. The molecule has 1 saturated heterocycles. The third-order valence-corrected chi connectivity index (χ3v) is 2.41. The number of nitrogens with one attached hydrogen (secondary N) is 1. The topological polar surface area (TPSA) is 70.7 Å². The van der Waals surface area contributed by atoms with E-state index in [1.807, 2.05) is 11.8 Å². The molecule has 0 aromatic carbocycles. The van der Waals surface area contributed by atoms with Gasteiger partial charge >= 0.3 is 0 Å². The van der Waals surface area contributed by atoms with Crippen LogP contribution in [0, 0.1) is 0 Å². The van der Waals surface area contributed by atoms with Crippen LogP contribution in [0.1, 0.15) is 19.8 Å². The predicted octanol–water partition coefficient (Wildman–Crippen LogP) is 0.0892. The Morgan fingerprint density at radius 2 is 2.12 bits per heavy atom. The van der Waals surface area contributed by atoms with Crippen LogP contribution in [-0.2, 0) is 4.79 Å². The van der Waals surface area contributed by atoms with E-state index >= 15 is 0 Å². The lowest BCUT2D eigenvalue weighted by Gasteiger charge is -2.13. The fourth-order valence-electron chi connectivity index (χ4n) is 1.52. The van der Waals surface area contributed by atoms with Crippen LogP contribution >= 0.6 is 0 Å². The first-order valence-electron chi connectivity index (χ1n) is 5.55. The van der Waals surface area contributed by atoms with E-state index < -0.39 is 0 Å². The van der Waals surface area contributed by atoms with Gasteiger partial charge in [0.2, 0.25) is 5.91 Å². The lowest BCUT2D eigenvalue weighted by atomic mass is 10.3. The van der Waals surface area contributed by atoms with Gasteiger partial charge in [-0.15, -0.1) is 0 Å². The summed E-state index contributed by atoms with van der Waals surface area (Å²) >= 11 is 0. The lowest BCUT2D eigenvalue weighted by Crippen LogP contribution is -2.35.